The van der Waals surface area contributed by atoms with Crippen molar-refractivity contribution in [3.8, 4) is 0 Å². The minimum Gasteiger partial charge on any atom is -0.365 e. The van der Waals surface area contributed by atoms with Crippen LogP contribution in [0.5, 0.6) is 0 Å². The number of benzene rings is 1. The summed E-state index contributed by atoms with van der Waals surface area (Å²) in [5.74, 6) is -0.222. The molecule has 0 saturated carbocycles. The van der Waals surface area contributed by atoms with Crippen molar-refractivity contribution < 1.29 is 9.69 Å². The standard InChI is InChI=1S/C12H16ClN3O/c13-10-1-3-11(4-2-10)16-7-5-15(6-8-16)9-12(14)17/h1-4H,5-9H2,(H2,14,17)/p+1. The zero-order valence-electron chi connectivity index (χ0n) is 9.66. The third kappa shape index (κ3) is 3.35. The highest BCUT2D eigenvalue weighted by molar-refractivity contribution is 6.30. The zero-order chi connectivity index (χ0) is 12.3. The van der Waals surface area contributed by atoms with Crippen LogP contribution in [0, 0.1) is 0 Å². The van der Waals surface area contributed by atoms with Gasteiger partial charge < -0.3 is 15.5 Å². The molecule has 5 heteroatoms. The van der Waals surface area contributed by atoms with E-state index in [1.165, 1.54) is 10.6 Å². The van der Waals surface area contributed by atoms with E-state index in [1.807, 2.05) is 24.3 Å². The molecule has 0 radical (unpaired) electrons. The van der Waals surface area contributed by atoms with E-state index in [0.717, 1.165) is 31.2 Å². The quantitative estimate of drug-likeness (QED) is 0.766. The Balaban J connectivity index is 1.90. The van der Waals surface area contributed by atoms with Crippen molar-refractivity contribution in [1.82, 2.24) is 0 Å². The molecular formula is C12H17ClN3O+. The van der Waals surface area contributed by atoms with Crippen molar-refractivity contribution in [2.75, 3.05) is 37.6 Å². The normalized spacial score (nSPS) is 17.1. The maximum atomic E-state index is 10.8. The summed E-state index contributed by atoms with van der Waals surface area (Å²) in [4.78, 5) is 14.4. The smallest absolute Gasteiger partial charge is 0.272 e. The SMILES string of the molecule is NC(=O)C[NH+]1CCN(c2ccc(Cl)cc2)CC1. The predicted molar refractivity (Wildman–Crippen MR) is 68.4 cm³/mol. The number of hydrogen-bond donors (Lipinski definition) is 2. The van der Waals surface area contributed by atoms with Gasteiger partial charge in [0.15, 0.2) is 6.54 Å². The van der Waals surface area contributed by atoms with E-state index in [2.05, 4.69) is 4.90 Å². The third-order valence-corrected chi connectivity index (χ3v) is 3.34. The molecule has 0 aliphatic carbocycles. The Morgan fingerprint density at radius 3 is 2.41 bits per heavy atom. The van der Waals surface area contributed by atoms with E-state index in [4.69, 9.17) is 17.3 Å². The molecule has 1 aromatic rings. The van der Waals surface area contributed by atoms with Crippen molar-refractivity contribution in [1.29, 1.82) is 0 Å². The summed E-state index contributed by atoms with van der Waals surface area (Å²) in [5.41, 5.74) is 6.39. The molecule has 1 saturated heterocycles. The van der Waals surface area contributed by atoms with Crippen molar-refractivity contribution in [3.05, 3.63) is 29.3 Å². The molecule has 17 heavy (non-hydrogen) atoms. The number of rotatable bonds is 3. The van der Waals surface area contributed by atoms with Crippen LogP contribution in [0.1, 0.15) is 0 Å². The summed E-state index contributed by atoms with van der Waals surface area (Å²) < 4.78 is 0. The highest BCUT2D eigenvalue weighted by atomic mass is 35.5. The molecule has 4 nitrogen and oxygen atoms in total. The first-order valence-corrected chi connectivity index (χ1v) is 6.15. The van der Waals surface area contributed by atoms with E-state index in [9.17, 15) is 4.79 Å². The van der Waals surface area contributed by atoms with Gasteiger partial charge in [-0.2, -0.15) is 0 Å². The number of amides is 1. The maximum absolute atomic E-state index is 10.8. The number of hydrogen-bond acceptors (Lipinski definition) is 2. The lowest BCUT2D eigenvalue weighted by atomic mass is 10.2. The van der Waals surface area contributed by atoms with Crippen LogP contribution in [0.3, 0.4) is 0 Å². The first-order chi connectivity index (χ1) is 8.15. The molecule has 1 aromatic carbocycles. The van der Waals surface area contributed by atoms with Gasteiger partial charge in [-0.1, -0.05) is 11.6 Å². The van der Waals surface area contributed by atoms with Gasteiger partial charge in [-0.25, -0.2) is 0 Å². The summed E-state index contributed by atoms with van der Waals surface area (Å²) in [6.07, 6.45) is 0. The molecule has 0 atom stereocenters. The number of nitrogens with one attached hydrogen (secondary N) is 1. The first kappa shape index (κ1) is 12.2. The Morgan fingerprint density at radius 1 is 1.29 bits per heavy atom. The summed E-state index contributed by atoms with van der Waals surface area (Å²) in [6, 6.07) is 7.86. The molecule has 92 valence electrons. The fourth-order valence-electron chi connectivity index (χ4n) is 2.16. The fraction of sp³-hybridized carbons (Fsp3) is 0.417. The van der Waals surface area contributed by atoms with Crippen LogP contribution in [0.15, 0.2) is 24.3 Å². The van der Waals surface area contributed by atoms with Crippen LogP contribution in [-0.4, -0.2) is 38.6 Å². The lowest BCUT2D eigenvalue weighted by Crippen LogP contribution is -3.15. The van der Waals surface area contributed by atoms with Crippen molar-refractivity contribution in [2.45, 2.75) is 0 Å². The number of nitrogens with zero attached hydrogens (tertiary/aromatic N) is 1. The highest BCUT2D eigenvalue weighted by Gasteiger charge is 2.21. The number of anilines is 1. The van der Waals surface area contributed by atoms with Gasteiger partial charge in [0.25, 0.3) is 5.91 Å². The van der Waals surface area contributed by atoms with E-state index < -0.39 is 0 Å². The minimum absolute atomic E-state index is 0.222. The Hall–Kier alpha value is -1.26. The lowest BCUT2D eigenvalue weighted by molar-refractivity contribution is -0.892. The van der Waals surface area contributed by atoms with Crippen LogP contribution >= 0.6 is 11.6 Å². The second-order valence-corrected chi connectivity index (χ2v) is 4.79. The fourth-order valence-corrected chi connectivity index (χ4v) is 2.28. The van der Waals surface area contributed by atoms with Gasteiger partial charge in [0.05, 0.1) is 26.2 Å². The van der Waals surface area contributed by atoms with Crippen LogP contribution in [0.4, 0.5) is 5.69 Å². The van der Waals surface area contributed by atoms with Gasteiger partial charge in [-0.3, -0.25) is 4.79 Å². The van der Waals surface area contributed by atoms with E-state index in [0.29, 0.717) is 6.54 Å². The number of quaternary nitrogens is 1. The topological polar surface area (TPSA) is 50.8 Å². The molecule has 3 N–H and O–H groups in total. The van der Waals surface area contributed by atoms with Crippen molar-refractivity contribution >= 4 is 23.2 Å². The number of carbonyl (C=O) groups is 1. The Labute approximate surface area is 106 Å². The number of nitrogens with two attached hydrogens (primary N) is 1. The molecule has 1 amide bonds. The average Bonchev–Trinajstić information content (AvgIpc) is 2.30. The largest absolute Gasteiger partial charge is 0.365 e. The molecule has 0 aromatic heterocycles. The van der Waals surface area contributed by atoms with Crippen molar-refractivity contribution in [3.63, 3.8) is 0 Å². The zero-order valence-corrected chi connectivity index (χ0v) is 10.4. The lowest BCUT2D eigenvalue weighted by Gasteiger charge is -2.33. The molecule has 1 fully saturated rings. The van der Waals surface area contributed by atoms with Gasteiger partial charge in [-0.15, -0.1) is 0 Å². The average molecular weight is 255 g/mol. The van der Waals surface area contributed by atoms with Gasteiger partial charge in [0, 0.05) is 10.7 Å². The van der Waals surface area contributed by atoms with Gasteiger partial charge >= 0.3 is 0 Å². The van der Waals surface area contributed by atoms with Crippen molar-refractivity contribution in [2.24, 2.45) is 5.73 Å². The van der Waals surface area contributed by atoms with Gasteiger partial charge in [0.2, 0.25) is 0 Å². The van der Waals surface area contributed by atoms with Gasteiger partial charge in [-0.05, 0) is 24.3 Å². The van der Waals surface area contributed by atoms with Crippen LogP contribution in [0.2, 0.25) is 5.02 Å². The molecule has 1 aliphatic rings. The summed E-state index contributed by atoms with van der Waals surface area (Å²) in [6.45, 7) is 4.24. The minimum atomic E-state index is -0.222. The Morgan fingerprint density at radius 2 is 1.88 bits per heavy atom. The number of halogens is 1. The molecule has 1 aliphatic heterocycles. The van der Waals surface area contributed by atoms with Crippen LogP contribution in [0.25, 0.3) is 0 Å². The van der Waals surface area contributed by atoms with E-state index >= 15 is 0 Å². The van der Waals surface area contributed by atoms with Crippen LogP contribution < -0.4 is 15.5 Å². The molecule has 1 heterocycles. The molecular weight excluding hydrogens is 238 g/mol. The molecule has 0 unspecified atom stereocenters. The van der Waals surface area contributed by atoms with E-state index in [-0.39, 0.29) is 5.91 Å². The number of piperazine rings is 1. The highest BCUT2D eigenvalue weighted by Crippen LogP contribution is 2.17. The van der Waals surface area contributed by atoms with Gasteiger partial charge in [0.1, 0.15) is 0 Å². The first-order valence-electron chi connectivity index (χ1n) is 5.77. The third-order valence-electron chi connectivity index (χ3n) is 3.09. The summed E-state index contributed by atoms with van der Waals surface area (Å²) in [5, 5.41) is 0.756. The molecule has 2 rings (SSSR count). The molecule has 0 spiro atoms. The second-order valence-electron chi connectivity index (χ2n) is 4.36. The maximum Gasteiger partial charge on any atom is 0.272 e. The Kier molecular flexibility index (Phi) is 3.86. The van der Waals surface area contributed by atoms with Crippen LogP contribution in [-0.2, 0) is 4.79 Å². The molecule has 0 bridgehead atoms. The number of primary amides is 1. The summed E-state index contributed by atoms with van der Waals surface area (Å²) in [7, 11) is 0. The summed E-state index contributed by atoms with van der Waals surface area (Å²) >= 11 is 5.86. The van der Waals surface area contributed by atoms with E-state index in [1.54, 1.807) is 0 Å². The predicted octanol–water partition coefficient (Wildman–Crippen LogP) is -0.470. The Bertz CT molecular complexity index is 385. The number of carbonyl (C=O) groups excluding carboxylic acids is 1. The second kappa shape index (κ2) is 5.38. The monoisotopic (exact) mass is 254 g/mol.